The van der Waals surface area contributed by atoms with Crippen LogP contribution >= 0.6 is 0 Å². The molecule has 69 heavy (non-hydrogen) atoms. The van der Waals surface area contributed by atoms with Gasteiger partial charge in [-0.1, -0.05) is 109 Å². The van der Waals surface area contributed by atoms with E-state index in [4.69, 9.17) is 14.6 Å². The normalized spacial score (nSPS) is 26.9. The molecule has 8 heteroatoms. The van der Waals surface area contributed by atoms with Gasteiger partial charge in [0.05, 0.1) is 22.0 Å². The van der Waals surface area contributed by atoms with Crippen molar-refractivity contribution in [1.29, 1.82) is 0 Å². The molecule has 0 radical (unpaired) electrons. The van der Waals surface area contributed by atoms with E-state index in [0.29, 0.717) is 24.0 Å². The minimum absolute atomic E-state index is 0.00724. The monoisotopic (exact) mass is 939 g/mol. The molecule has 6 aliphatic rings. The van der Waals surface area contributed by atoms with E-state index in [-0.39, 0.29) is 50.7 Å². The third-order valence-electron chi connectivity index (χ3n) is 17.9. The van der Waals surface area contributed by atoms with E-state index < -0.39 is 23.0 Å². The molecule has 10 rings (SSSR count). The van der Waals surface area contributed by atoms with Gasteiger partial charge in [-0.3, -0.25) is 19.2 Å². The molecule has 6 aliphatic carbocycles. The Morgan fingerprint density at radius 2 is 1.29 bits per heavy atom. The van der Waals surface area contributed by atoms with Crippen molar-refractivity contribution >= 4 is 23.5 Å². The van der Waals surface area contributed by atoms with Crippen LogP contribution in [0.15, 0.2) is 84.9 Å². The summed E-state index contributed by atoms with van der Waals surface area (Å²) in [6.45, 7) is 22.8. The standard InChI is InChI=1S/C20H18O5.C20H32O2.C11H14.C10H14O/c1-4-20(2,3)19(24)25-14-10-9-13(21)15-16(14)18(23)12-8-6-5-7-11(12)17(15)22;1-5-19(3,4)18(21)22-20(6-2)11-14-10-15(20)17-13-8-7-12(9-13)16(14)17;1-8-7-10-5-3-4-6-11(10)9(8)2;1-3-8(2)9-4-6-10(11)7-5-9/h5-10,21H,4H2,1-3H3;12-17H,5-11H2,1-4H3;3-6,8-9H,7H2,1-2H3;4-8,11H,3H2,1-2H3. The first-order chi connectivity index (χ1) is 32.7. The topological polar surface area (TPSA) is 127 Å². The molecular weight excluding hydrogens is 861 g/mol. The van der Waals surface area contributed by atoms with Crippen LogP contribution in [0.3, 0.4) is 0 Å². The molecule has 4 aromatic rings. The Balaban J connectivity index is 0.000000145. The maximum Gasteiger partial charge on any atom is 0.316 e. The zero-order valence-electron chi connectivity index (χ0n) is 43.2. The third kappa shape index (κ3) is 10.1. The molecule has 370 valence electrons. The van der Waals surface area contributed by atoms with Crippen LogP contribution in [-0.4, -0.2) is 39.3 Å². The average Bonchev–Trinajstić information content (AvgIpc) is 4.19. The fourth-order valence-electron chi connectivity index (χ4n) is 12.4. The Hall–Kier alpha value is -5.24. The summed E-state index contributed by atoms with van der Waals surface area (Å²) in [4.78, 5) is 50.7. The van der Waals surface area contributed by atoms with Crippen LogP contribution in [0.4, 0.5) is 0 Å². The van der Waals surface area contributed by atoms with E-state index in [1.54, 1.807) is 55.3 Å². The summed E-state index contributed by atoms with van der Waals surface area (Å²) in [5.41, 5.74) is 3.51. The van der Waals surface area contributed by atoms with Crippen molar-refractivity contribution in [2.45, 2.75) is 158 Å². The zero-order chi connectivity index (χ0) is 50.2. The summed E-state index contributed by atoms with van der Waals surface area (Å²) in [6.07, 6.45) is 11.8. The number of benzene rings is 4. The minimum Gasteiger partial charge on any atom is -0.508 e. The lowest BCUT2D eigenvalue weighted by atomic mass is 9.65. The average molecular weight is 939 g/mol. The molecule has 0 heterocycles. The molecule has 4 saturated carbocycles. The number of rotatable bonds is 9. The van der Waals surface area contributed by atoms with Gasteiger partial charge in [0.15, 0.2) is 11.6 Å². The number of phenols is 2. The van der Waals surface area contributed by atoms with Crippen molar-refractivity contribution in [2.24, 2.45) is 52.3 Å². The Labute approximate surface area is 412 Å². The Bertz CT molecular complexity index is 2520. The van der Waals surface area contributed by atoms with Crippen molar-refractivity contribution in [2.75, 3.05) is 0 Å². The predicted octanol–water partition coefficient (Wildman–Crippen LogP) is 14.2. The van der Waals surface area contributed by atoms with Crippen LogP contribution in [0.5, 0.6) is 17.2 Å². The van der Waals surface area contributed by atoms with E-state index in [1.807, 2.05) is 32.9 Å². The summed E-state index contributed by atoms with van der Waals surface area (Å²) in [7, 11) is 0. The number of ketones is 2. The van der Waals surface area contributed by atoms with E-state index in [0.717, 1.165) is 67.1 Å². The number of carbonyl (C=O) groups excluding carboxylic acids is 4. The van der Waals surface area contributed by atoms with Gasteiger partial charge in [0, 0.05) is 17.0 Å². The highest BCUT2D eigenvalue weighted by molar-refractivity contribution is 6.30. The lowest BCUT2D eigenvalue weighted by Gasteiger charge is -2.46. The molecule has 0 amide bonds. The van der Waals surface area contributed by atoms with E-state index in [2.05, 4.69) is 65.8 Å². The van der Waals surface area contributed by atoms with Gasteiger partial charge in [0.2, 0.25) is 0 Å². The number of aromatic hydroxyl groups is 2. The lowest BCUT2D eigenvalue weighted by molar-refractivity contribution is -0.183. The molecule has 4 bridgehead atoms. The quantitative estimate of drug-likeness (QED) is 0.0850. The van der Waals surface area contributed by atoms with Crippen LogP contribution in [-0.2, 0) is 20.7 Å². The predicted molar refractivity (Wildman–Crippen MR) is 273 cm³/mol. The third-order valence-corrected chi connectivity index (χ3v) is 17.9. The van der Waals surface area contributed by atoms with Crippen LogP contribution in [0.25, 0.3) is 0 Å². The summed E-state index contributed by atoms with van der Waals surface area (Å²) < 4.78 is 11.7. The summed E-state index contributed by atoms with van der Waals surface area (Å²) in [5.74, 6) is 6.23. The second-order valence-corrected chi connectivity index (χ2v) is 22.6. The van der Waals surface area contributed by atoms with Crippen molar-refractivity contribution in [3.05, 3.63) is 124 Å². The number of carbonyl (C=O) groups is 4. The second-order valence-electron chi connectivity index (χ2n) is 22.6. The molecule has 0 aromatic heterocycles. The SMILES string of the molecule is CC1Cc2ccccc2C1C.CCC(C)(C)C(=O)OC1(CC)CC2CC1C1C3CCC(C3)C21.CCC(C)(C)C(=O)Oc1ccc(O)c2c1C(=O)c1ccccc1C2=O.CCC(C)c1ccc(O)cc1. The van der Waals surface area contributed by atoms with Crippen molar-refractivity contribution in [1.82, 2.24) is 0 Å². The number of hydrogen-bond acceptors (Lipinski definition) is 8. The summed E-state index contributed by atoms with van der Waals surface area (Å²) in [5, 5.41) is 19.1. The highest BCUT2D eigenvalue weighted by Gasteiger charge is 2.68. The maximum absolute atomic E-state index is 12.9. The molecular formula is C61H78O8. The van der Waals surface area contributed by atoms with Gasteiger partial charge in [-0.2, -0.15) is 0 Å². The maximum atomic E-state index is 12.9. The first-order valence-corrected chi connectivity index (χ1v) is 26.1. The Morgan fingerprint density at radius 3 is 1.88 bits per heavy atom. The lowest BCUT2D eigenvalue weighted by Crippen LogP contribution is -2.49. The number of ether oxygens (including phenoxy) is 2. The fourth-order valence-corrected chi connectivity index (χ4v) is 12.4. The van der Waals surface area contributed by atoms with Crippen molar-refractivity contribution < 1.29 is 38.9 Å². The fraction of sp³-hybridized carbons (Fsp3) is 0.541. The number of hydrogen-bond donors (Lipinski definition) is 2. The van der Waals surface area contributed by atoms with E-state index in [1.165, 1.54) is 55.9 Å². The van der Waals surface area contributed by atoms with Crippen LogP contribution in [0.1, 0.15) is 194 Å². The van der Waals surface area contributed by atoms with Gasteiger partial charge in [-0.15, -0.1) is 0 Å². The van der Waals surface area contributed by atoms with Crippen molar-refractivity contribution in [3.63, 3.8) is 0 Å². The molecule has 0 saturated heterocycles. The molecule has 0 spiro atoms. The largest absolute Gasteiger partial charge is 0.508 e. The Morgan fingerprint density at radius 1 is 0.710 bits per heavy atom. The highest BCUT2D eigenvalue weighted by atomic mass is 16.6. The summed E-state index contributed by atoms with van der Waals surface area (Å²) >= 11 is 0. The van der Waals surface area contributed by atoms with Gasteiger partial charge < -0.3 is 19.7 Å². The van der Waals surface area contributed by atoms with Crippen LogP contribution in [0, 0.1) is 52.3 Å². The molecule has 8 nitrogen and oxygen atoms in total. The van der Waals surface area contributed by atoms with Crippen LogP contribution in [0.2, 0.25) is 0 Å². The molecule has 0 aliphatic heterocycles. The van der Waals surface area contributed by atoms with E-state index >= 15 is 0 Å². The number of esters is 2. The van der Waals surface area contributed by atoms with Gasteiger partial charge in [0.1, 0.15) is 22.8 Å². The molecule has 4 fully saturated rings. The van der Waals surface area contributed by atoms with Gasteiger partial charge in [0.25, 0.3) is 0 Å². The molecule has 10 unspecified atom stereocenters. The smallest absolute Gasteiger partial charge is 0.316 e. The van der Waals surface area contributed by atoms with Gasteiger partial charge >= 0.3 is 11.9 Å². The second kappa shape index (κ2) is 20.6. The van der Waals surface area contributed by atoms with Gasteiger partial charge in [-0.05, 0) is 180 Å². The van der Waals surface area contributed by atoms with E-state index in [9.17, 15) is 24.3 Å². The van der Waals surface area contributed by atoms with Crippen LogP contribution < -0.4 is 4.74 Å². The first kappa shape index (κ1) is 51.6. The highest BCUT2D eigenvalue weighted by Crippen LogP contribution is 2.71. The molecule has 2 N–H and O–H groups in total. The van der Waals surface area contributed by atoms with Crippen molar-refractivity contribution in [3.8, 4) is 17.2 Å². The summed E-state index contributed by atoms with van der Waals surface area (Å²) in [6, 6.07) is 25.2. The minimum atomic E-state index is -0.732. The zero-order valence-corrected chi connectivity index (χ0v) is 43.2. The first-order valence-electron chi connectivity index (χ1n) is 26.1. The molecule has 10 atom stereocenters. The molecule has 4 aromatic carbocycles. The number of phenolic OH excluding ortho intramolecular Hbond substituents is 2. The van der Waals surface area contributed by atoms with Gasteiger partial charge in [-0.25, -0.2) is 0 Å². The number of fused-ring (bicyclic) bond motifs is 12. The Kier molecular flexibility index (Phi) is 15.4.